The molecule has 0 aromatic rings. The first-order chi connectivity index (χ1) is 6.77. The number of carbonyl (C=O) groups excluding carboxylic acids is 1. The van der Waals surface area contributed by atoms with Crippen molar-refractivity contribution in [3.63, 3.8) is 0 Å². The molecule has 0 rings (SSSR count). The van der Waals surface area contributed by atoms with E-state index in [1.54, 1.807) is 6.92 Å². The van der Waals surface area contributed by atoms with Crippen molar-refractivity contribution in [1.29, 1.82) is 0 Å². The van der Waals surface area contributed by atoms with Crippen LogP contribution in [0.25, 0.3) is 0 Å². The summed E-state index contributed by atoms with van der Waals surface area (Å²) >= 11 is 3.43. The first-order valence-corrected chi connectivity index (χ1v) is 6.95. The molecule has 0 unspecified atom stereocenters. The lowest BCUT2D eigenvalue weighted by atomic mass is 10.1. The van der Waals surface area contributed by atoms with Crippen LogP contribution in [0.3, 0.4) is 0 Å². The van der Waals surface area contributed by atoms with Crippen molar-refractivity contribution in [1.82, 2.24) is 0 Å². The normalized spacial score (nSPS) is 10.4. The second-order valence-electron chi connectivity index (χ2n) is 3.97. The summed E-state index contributed by atoms with van der Waals surface area (Å²) in [5.41, 5.74) is 0. The molecule has 0 N–H and O–H groups in total. The van der Waals surface area contributed by atoms with Gasteiger partial charge >= 0.3 is 0 Å². The van der Waals surface area contributed by atoms with E-state index in [9.17, 15) is 4.79 Å². The molecule has 0 atom stereocenters. The average molecular weight is 263 g/mol. The molecule has 1 nitrogen and oxygen atoms in total. The molecule has 0 saturated carbocycles. The third-order valence-corrected chi connectivity index (χ3v) is 2.97. The summed E-state index contributed by atoms with van der Waals surface area (Å²) in [7, 11) is 0. The number of carbonyl (C=O) groups is 1. The topological polar surface area (TPSA) is 17.1 Å². The van der Waals surface area contributed by atoms with E-state index in [0.717, 1.165) is 18.2 Å². The predicted molar refractivity (Wildman–Crippen MR) is 66.0 cm³/mol. The van der Waals surface area contributed by atoms with Gasteiger partial charge in [0.25, 0.3) is 0 Å². The van der Waals surface area contributed by atoms with Gasteiger partial charge in [0.15, 0.2) is 0 Å². The lowest BCUT2D eigenvalue weighted by Gasteiger charge is -2.00. The lowest BCUT2D eigenvalue weighted by molar-refractivity contribution is -0.117. The number of alkyl halides is 1. The Morgan fingerprint density at radius 1 is 0.857 bits per heavy atom. The Kier molecular flexibility index (Phi) is 11.3. The van der Waals surface area contributed by atoms with E-state index in [1.807, 2.05) is 0 Å². The fraction of sp³-hybridized carbons (Fsp3) is 0.917. The molecule has 0 aliphatic carbocycles. The highest BCUT2D eigenvalue weighted by atomic mass is 79.9. The van der Waals surface area contributed by atoms with Crippen molar-refractivity contribution in [3.8, 4) is 0 Å². The van der Waals surface area contributed by atoms with Gasteiger partial charge in [-0.3, -0.25) is 0 Å². The van der Waals surface area contributed by atoms with Gasteiger partial charge in [-0.1, -0.05) is 54.5 Å². The highest BCUT2D eigenvalue weighted by molar-refractivity contribution is 9.09. The summed E-state index contributed by atoms with van der Waals surface area (Å²) in [4.78, 5) is 10.6. The Morgan fingerprint density at radius 2 is 1.29 bits per heavy atom. The number of ketones is 1. The van der Waals surface area contributed by atoms with Crippen molar-refractivity contribution >= 4 is 21.7 Å². The van der Waals surface area contributed by atoms with Gasteiger partial charge in [-0.25, -0.2) is 0 Å². The molecule has 2 heteroatoms. The van der Waals surface area contributed by atoms with Crippen molar-refractivity contribution in [3.05, 3.63) is 0 Å². The van der Waals surface area contributed by atoms with Crippen LogP contribution in [0, 0.1) is 0 Å². The van der Waals surface area contributed by atoms with Gasteiger partial charge in [-0.2, -0.15) is 0 Å². The molecule has 0 aliphatic heterocycles. The highest BCUT2D eigenvalue weighted by Gasteiger charge is 1.94. The average Bonchev–Trinajstić information content (AvgIpc) is 2.15. The first-order valence-electron chi connectivity index (χ1n) is 5.82. The minimum atomic E-state index is 0.335. The van der Waals surface area contributed by atoms with Gasteiger partial charge < -0.3 is 4.79 Å². The van der Waals surface area contributed by atoms with Crippen molar-refractivity contribution in [2.75, 3.05) is 5.33 Å². The van der Waals surface area contributed by atoms with Gasteiger partial charge in [-0.05, 0) is 19.8 Å². The molecule has 0 spiro atoms. The molecule has 0 heterocycles. The van der Waals surface area contributed by atoms with Gasteiger partial charge in [0.2, 0.25) is 0 Å². The zero-order chi connectivity index (χ0) is 10.6. The first kappa shape index (κ1) is 14.2. The molecular formula is C12H23BrO. The third-order valence-electron chi connectivity index (χ3n) is 2.41. The summed E-state index contributed by atoms with van der Waals surface area (Å²) in [5, 5.41) is 1.14. The lowest BCUT2D eigenvalue weighted by Crippen LogP contribution is -1.89. The molecule has 0 amide bonds. The van der Waals surface area contributed by atoms with Gasteiger partial charge in [0, 0.05) is 11.8 Å². The van der Waals surface area contributed by atoms with Gasteiger partial charge in [-0.15, -0.1) is 0 Å². The van der Waals surface area contributed by atoms with Crippen LogP contribution < -0.4 is 0 Å². The minimum absolute atomic E-state index is 0.335. The summed E-state index contributed by atoms with van der Waals surface area (Å²) < 4.78 is 0. The smallest absolute Gasteiger partial charge is 0.129 e. The summed E-state index contributed by atoms with van der Waals surface area (Å²) in [6.07, 6.45) is 11.2. The number of halogens is 1. The summed E-state index contributed by atoms with van der Waals surface area (Å²) in [6.45, 7) is 1.68. The quantitative estimate of drug-likeness (QED) is 0.419. The Balaban J connectivity index is 2.88. The van der Waals surface area contributed by atoms with Crippen LogP contribution in [0.2, 0.25) is 0 Å². The molecule has 0 bridgehead atoms. The standard InChI is InChI=1S/C12H23BrO/c1-12(14)10-8-6-4-2-3-5-7-9-11-13/h2-11H2,1H3. The molecule has 84 valence electrons. The summed E-state index contributed by atoms with van der Waals surface area (Å²) in [6, 6.07) is 0. The second kappa shape index (κ2) is 11.2. The monoisotopic (exact) mass is 262 g/mol. The molecule has 14 heavy (non-hydrogen) atoms. The van der Waals surface area contributed by atoms with E-state index < -0.39 is 0 Å². The molecular weight excluding hydrogens is 240 g/mol. The zero-order valence-electron chi connectivity index (χ0n) is 9.36. The molecule has 0 aliphatic rings. The molecule has 0 aromatic carbocycles. The SMILES string of the molecule is CC(=O)CCCCCCCCCCBr. The van der Waals surface area contributed by atoms with Crippen LogP contribution in [-0.4, -0.2) is 11.1 Å². The summed E-state index contributed by atoms with van der Waals surface area (Å²) in [5.74, 6) is 0.335. The van der Waals surface area contributed by atoms with E-state index in [0.29, 0.717) is 5.78 Å². The van der Waals surface area contributed by atoms with Crippen LogP contribution in [0.1, 0.15) is 64.7 Å². The Hall–Kier alpha value is 0.150. The Morgan fingerprint density at radius 3 is 1.71 bits per heavy atom. The van der Waals surface area contributed by atoms with E-state index in [1.165, 1.54) is 44.9 Å². The minimum Gasteiger partial charge on any atom is -0.300 e. The number of hydrogen-bond acceptors (Lipinski definition) is 1. The molecule has 0 aromatic heterocycles. The number of Topliss-reactive ketones (excluding diaryl/α,β-unsaturated/α-hetero) is 1. The number of rotatable bonds is 10. The third kappa shape index (κ3) is 12.2. The van der Waals surface area contributed by atoms with E-state index >= 15 is 0 Å². The van der Waals surface area contributed by atoms with Gasteiger partial charge in [0.1, 0.15) is 5.78 Å². The zero-order valence-corrected chi connectivity index (χ0v) is 10.9. The molecule has 0 fully saturated rings. The van der Waals surface area contributed by atoms with Crippen molar-refractivity contribution < 1.29 is 4.79 Å². The van der Waals surface area contributed by atoms with Gasteiger partial charge in [0.05, 0.1) is 0 Å². The van der Waals surface area contributed by atoms with Crippen LogP contribution in [0.5, 0.6) is 0 Å². The number of unbranched alkanes of at least 4 members (excludes halogenated alkanes) is 7. The van der Waals surface area contributed by atoms with E-state index in [4.69, 9.17) is 0 Å². The largest absolute Gasteiger partial charge is 0.300 e. The predicted octanol–water partition coefficient (Wildman–Crippen LogP) is 4.48. The van der Waals surface area contributed by atoms with E-state index in [2.05, 4.69) is 15.9 Å². The van der Waals surface area contributed by atoms with E-state index in [-0.39, 0.29) is 0 Å². The maximum absolute atomic E-state index is 10.6. The molecule has 0 saturated heterocycles. The van der Waals surface area contributed by atoms with Crippen LogP contribution in [0.4, 0.5) is 0 Å². The Bertz CT molecular complexity index is 134. The van der Waals surface area contributed by atoms with Crippen LogP contribution in [0.15, 0.2) is 0 Å². The van der Waals surface area contributed by atoms with Crippen molar-refractivity contribution in [2.24, 2.45) is 0 Å². The maximum atomic E-state index is 10.6. The van der Waals surface area contributed by atoms with Crippen molar-refractivity contribution in [2.45, 2.75) is 64.7 Å². The van der Waals surface area contributed by atoms with Crippen LogP contribution in [-0.2, 0) is 4.79 Å². The second-order valence-corrected chi connectivity index (χ2v) is 4.76. The van der Waals surface area contributed by atoms with Crippen LogP contribution >= 0.6 is 15.9 Å². The highest BCUT2D eigenvalue weighted by Crippen LogP contribution is 2.10. The molecule has 0 radical (unpaired) electrons. The Labute approximate surface area is 96.8 Å². The fourth-order valence-electron chi connectivity index (χ4n) is 1.53. The fourth-order valence-corrected chi connectivity index (χ4v) is 1.93. The maximum Gasteiger partial charge on any atom is 0.129 e. The number of hydrogen-bond donors (Lipinski definition) is 0.